The summed E-state index contributed by atoms with van der Waals surface area (Å²) in [6.45, 7) is 3.84. The van der Waals surface area contributed by atoms with E-state index in [9.17, 15) is 13.5 Å². The molecule has 7 heteroatoms. The van der Waals surface area contributed by atoms with Crippen LogP contribution in [0.25, 0.3) is 0 Å². The molecule has 0 aliphatic heterocycles. The van der Waals surface area contributed by atoms with Crippen molar-refractivity contribution in [3.05, 3.63) is 37.7 Å². The number of aliphatic hydroxyl groups is 1. The maximum absolute atomic E-state index is 12.3. The molecule has 110 valence electrons. The first-order valence-corrected chi connectivity index (χ1v) is 9.41. The Morgan fingerprint density at radius 2 is 2.00 bits per heavy atom. The van der Waals surface area contributed by atoms with Crippen molar-refractivity contribution in [2.75, 3.05) is 0 Å². The highest BCUT2D eigenvalue weighted by atomic mass is 32.2. The summed E-state index contributed by atoms with van der Waals surface area (Å²) in [4.78, 5) is 2.93. The van der Waals surface area contributed by atoms with Crippen molar-refractivity contribution in [1.82, 2.24) is 4.72 Å². The number of rotatable bonds is 6. The summed E-state index contributed by atoms with van der Waals surface area (Å²) in [6.07, 6.45) is 0.954. The van der Waals surface area contributed by atoms with Gasteiger partial charge >= 0.3 is 0 Å². The molecule has 2 rings (SSSR count). The standard InChI is InChI=1S/C13H17NO3S3/c1-3-10-4-5-11(19-10)6-14-20(16,17)13-9(2)8-18-12(13)7-15/h4-5,8,14-15H,3,6-7H2,1-2H3. The van der Waals surface area contributed by atoms with Crippen LogP contribution < -0.4 is 4.72 Å². The minimum Gasteiger partial charge on any atom is -0.391 e. The molecule has 20 heavy (non-hydrogen) atoms. The molecule has 0 unspecified atom stereocenters. The second-order valence-electron chi connectivity index (χ2n) is 4.38. The normalized spacial score (nSPS) is 11.9. The van der Waals surface area contributed by atoms with Crippen LogP contribution in [0.4, 0.5) is 0 Å². The minimum atomic E-state index is -3.58. The lowest BCUT2D eigenvalue weighted by molar-refractivity contribution is 0.282. The summed E-state index contributed by atoms with van der Waals surface area (Å²) < 4.78 is 27.3. The van der Waals surface area contributed by atoms with Crippen molar-refractivity contribution in [2.24, 2.45) is 0 Å². The highest BCUT2D eigenvalue weighted by molar-refractivity contribution is 7.89. The Morgan fingerprint density at radius 1 is 1.30 bits per heavy atom. The first-order chi connectivity index (χ1) is 9.47. The monoisotopic (exact) mass is 331 g/mol. The molecule has 0 fully saturated rings. The van der Waals surface area contributed by atoms with Gasteiger partial charge in [0.2, 0.25) is 10.0 Å². The third-order valence-corrected chi connectivity index (χ3v) is 6.98. The lowest BCUT2D eigenvalue weighted by Crippen LogP contribution is -2.24. The van der Waals surface area contributed by atoms with Crippen molar-refractivity contribution >= 4 is 32.7 Å². The molecule has 0 aliphatic rings. The van der Waals surface area contributed by atoms with E-state index in [4.69, 9.17) is 0 Å². The van der Waals surface area contributed by atoms with Crippen molar-refractivity contribution in [2.45, 2.75) is 38.3 Å². The van der Waals surface area contributed by atoms with Gasteiger partial charge in [-0.2, -0.15) is 0 Å². The SMILES string of the molecule is CCc1ccc(CNS(=O)(=O)c2c(C)csc2CO)s1. The van der Waals surface area contributed by atoms with E-state index < -0.39 is 10.0 Å². The van der Waals surface area contributed by atoms with Crippen molar-refractivity contribution < 1.29 is 13.5 Å². The molecule has 0 bridgehead atoms. The van der Waals surface area contributed by atoms with Gasteiger partial charge in [0, 0.05) is 16.3 Å². The van der Waals surface area contributed by atoms with Crippen LogP contribution in [0.5, 0.6) is 0 Å². The first kappa shape index (κ1) is 15.7. The molecule has 2 N–H and O–H groups in total. The van der Waals surface area contributed by atoms with Gasteiger partial charge in [-0.05, 0) is 36.4 Å². The van der Waals surface area contributed by atoms with Crippen LogP contribution in [0, 0.1) is 6.92 Å². The molecule has 0 amide bonds. The largest absolute Gasteiger partial charge is 0.391 e. The number of hydrogen-bond acceptors (Lipinski definition) is 5. The van der Waals surface area contributed by atoms with Gasteiger partial charge in [0.25, 0.3) is 0 Å². The Hall–Kier alpha value is -0.730. The van der Waals surface area contributed by atoms with Gasteiger partial charge in [-0.3, -0.25) is 0 Å². The molecule has 0 aliphatic carbocycles. The van der Waals surface area contributed by atoms with Crippen molar-refractivity contribution in [3.8, 4) is 0 Å². The molecular formula is C13H17NO3S3. The van der Waals surface area contributed by atoms with Gasteiger partial charge in [-0.15, -0.1) is 22.7 Å². The fraction of sp³-hybridized carbons (Fsp3) is 0.385. The van der Waals surface area contributed by atoms with Crippen LogP contribution in [-0.2, 0) is 29.6 Å². The van der Waals surface area contributed by atoms with Crippen LogP contribution >= 0.6 is 22.7 Å². The van der Waals surface area contributed by atoms with E-state index in [0.717, 1.165) is 11.3 Å². The van der Waals surface area contributed by atoms with Gasteiger partial charge in [-0.25, -0.2) is 13.1 Å². The Kier molecular flexibility index (Phi) is 4.98. The number of aliphatic hydroxyl groups excluding tert-OH is 1. The van der Waals surface area contributed by atoms with Gasteiger partial charge in [0.05, 0.1) is 11.5 Å². The highest BCUT2D eigenvalue weighted by Gasteiger charge is 2.22. The second kappa shape index (κ2) is 6.36. The Bertz CT molecular complexity index is 686. The van der Waals surface area contributed by atoms with Crippen LogP contribution in [-0.4, -0.2) is 13.5 Å². The average molecular weight is 331 g/mol. The first-order valence-electron chi connectivity index (χ1n) is 6.23. The van der Waals surface area contributed by atoms with Crippen molar-refractivity contribution in [1.29, 1.82) is 0 Å². The molecule has 0 aromatic carbocycles. The zero-order valence-corrected chi connectivity index (χ0v) is 13.8. The van der Waals surface area contributed by atoms with Crippen LogP contribution in [0.3, 0.4) is 0 Å². The second-order valence-corrected chi connectivity index (χ2v) is 8.30. The lowest BCUT2D eigenvalue weighted by atomic mass is 10.3. The van der Waals surface area contributed by atoms with E-state index in [1.165, 1.54) is 16.2 Å². The molecular weight excluding hydrogens is 314 g/mol. The summed E-state index contributed by atoms with van der Waals surface area (Å²) in [6, 6.07) is 3.96. The zero-order valence-electron chi connectivity index (χ0n) is 11.3. The molecule has 2 aromatic heterocycles. The maximum Gasteiger partial charge on any atom is 0.242 e. The third-order valence-electron chi connectivity index (χ3n) is 2.90. The Labute approximate surface area is 127 Å². The zero-order chi connectivity index (χ0) is 14.8. The fourth-order valence-corrected chi connectivity index (χ4v) is 5.56. The number of nitrogens with one attached hydrogen (secondary N) is 1. The lowest BCUT2D eigenvalue weighted by Gasteiger charge is -2.07. The number of thiophene rings is 2. The topological polar surface area (TPSA) is 66.4 Å². The number of sulfonamides is 1. The van der Waals surface area contributed by atoms with Gasteiger partial charge in [-0.1, -0.05) is 6.92 Å². The van der Waals surface area contributed by atoms with Gasteiger partial charge < -0.3 is 5.11 Å². The average Bonchev–Trinajstić information content (AvgIpc) is 3.02. The highest BCUT2D eigenvalue weighted by Crippen LogP contribution is 2.27. The summed E-state index contributed by atoms with van der Waals surface area (Å²) >= 11 is 2.88. The smallest absolute Gasteiger partial charge is 0.242 e. The fourth-order valence-electron chi connectivity index (χ4n) is 1.90. The Balaban J connectivity index is 2.17. The predicted octanol–water partition coefficient (Wildman–Crippen LogP) is 2.65. The molecule has 0 radical (unpaired) electrons. The van der Waals surface area contributed by atoms with Crippen LogP contribution in [0.1, 0.15) is 27.1 Å². The van der Waals surface area contributed by atoms with Crippen LogP contribution in [0.2, 0.25) is 0 Å². The molecule has 0 atom stereocenters. The molecule has 0 saturated carbocycles. The van der Waals surface area contributed by atoms with E-state index in [1.807, 2.05) is 12.1 Å². The number of aryl methyl sites for hydroxylation is 2. The van der Waals surface area contributed by atoms with Gasteiger partial charge in [0.15, 0.2) is 0 Å². The van der Waals surface area contributed by atoms with E-state index >= 15 is 0 Å². The van der Waals surface area contributed by atoms with E-state index in [2.05, 4.69) is 11.6 Å². The van der Waals surface area contributed by atoms with E-state index in [1.54, 1.807) is 23.6 Å². The summed E-state index contributed by atoms with van der Waals surface area (Å²) in [5, 5.41) is 11.0. The molecule has 2 heterocycles. The molecule has 0 saturated heterocycles. The van der Waals surface area contributed by atoms with Gasteiger partial charge in [0.1, 0.15) is 4.90 Å². The number of hydrogen-bond donors (Lipinski definition) is 2. The van der Waals surface area contributed by atoms with E-state index in [-0.39, 0.29) is 18.0 Å². The van der Waals surface area contributed by atoms with Crippen LogP contribution in [0.15, 0.2) is 22.4 Å². The van der Waals surface area contributed by atoms with Crippen molar-refractivity contribution in [3.63, 3.8) is 0 Å². The molecule has 4 nitrogen and oxygen atoms in total. The molecule has 2 aromatic rings. The molecule has 0 spiro atoms. The minimum absolute atomic E-state index is 0.220. The third kappa shape index (κ3) is 3.29. The maximum atomic E-state index is 12.3. The summed E-state index contributed by atoms with van der Waals surface area (Å²) in [7, 11) is -3.58. The predicted molar refractivity (Wildman–Crippen MR) is 82.7 cm³/mol. The Morgan fingerprint density at radius 3 is 2.60 bits per heavy atom. The quantitative estimate of drug-likeness (QED) is 0.855. The summed E-state index contributed by atoms with van der Waals surface area (Å²) in [5.74, 6) is 0. The van der Waals surface area contributed by atoms with E-state index in [0.29, 0.717) is 10.4 Å². The summed E-state index contributed by atoms with van der Waals surface area (Å²) in [5.41, 5.74) is 0.673.